The average molecular weight is 543 g/mol. The van der Waals surface area contributed by atoms with Gasteiger partial charge >= 0.3 is 110 Å². The van der Waals surface area contributed by atoms with E-state index >= 15 is 0 Å². The number of halogens is 3. The first kappa shape index (κ1) is 27.4. The Morgan fingerprint density at radius 2 is 1.52 bits per heavy atom. The second-order valence-electron chi connectivity index (χ2n) is 6.38. The summed E-state index contributed by atoms with van der Waals surface area (Å²) < 4.78 is 1.30. The number of allylic oxidation sites excluding steroid dienone is 4. The van der Waals surface area contributed by atoms with Gasteiger partial charge in [0.2, 0.25) is 0 Å². The molecule has 4 heteroatoms. The minimum atomic E-state index is 0. The maximum atomic E-state index is 6.16. The third-order valence-electron chi connectivity index (χ3n) is 4.34. The van der Waals surface area contributed by atoms with Crippen molar-refractivity contribution in [2.75, 3.05) is 0 Å². The Labute approximate surface area is 217 Å². The van der Waals surface area contributed by atoms with Crippen LogP contribution >= 0.6 is 11.6 Å². The predicted octanol–water partition coefficient (Wildman–Crippen LogP) is 1.33. The van der Waals surface area contributed by atoms with Gasteiger partial charge in [0.1, 0.15) is 0 Å². The van der Waals surface area contributed by atoms with E-state index in [2.05, 4.69) is 84.9 Å². The summed E-state index contributed by atoms with van der Waals surface area (Å²) in [4.78, 5) is 0. The summed E-state index contributed by atoms with van der Waals surface area (Å²) in [6, 6.07) is 33.0. The van der Waals surface area contributed by atoms with E-state index in [0.717, 1.165) is 17.0 Å². The Balaban J connectivity index is 0.000000255. The quantitative estimate of drug-likeness (QED) is 0.335. The first-order valence-electron chi connectivity index (χ1n) is 9.47. The molecule has 156 valence electrons. The number of rotatable bonds is 2. The molecule has 31 heavy (non-hydrogen) atoms. The molecule has 0 atom stereocenters. The summed E-state index contributed by atoms with van der Waals surface area (Å²) in [7, 11) is 0. The van der Waals surface area contributed by atoms with Gasteiger partial charge in [0.05, 0.1) is 0 Å². The second kappa shape index (κ2) is 15.2. The van der Waals surface area contributed by atoms with Gasteiger partial charge in [-0.25, -0.2) is 12.2 Å². The van der Waals surface area contributed by atoms with Gasteiger partial charge in [-0.05, 0) is 0 Å². The molecule has 0 aromatic heterocycles. The van der Waals surface area contributed by atoms with Crippen LogP contribution in [0.1, 0.15) is 17.5 Å². The molecule has 0 heterocycles. The summed E-state index contributed by atoms with van der Waals surface area (Å²) in [5.74, 6) is 0. The molecule has 5 rings (SSSR count). The summed E-state index contributed by atoms with van der Waals surface area (Å²) in [6.07, 6.45) is 10.0. The van der Waals surface area contributed by atoms with Crippen LogP contribution in [0.15, 0.2) is 115 Å². The molecule has 0 bridgehead atoms. The maximum Gasteiger partial charge on any atom is -0.0809 e. The van der Waals surface area contributed by atoms with Gasteiger partial charge in [-0.15, -0.1) is 36.1 Å². The molecule has 0 N–H and O–H groups in total. The fourth-order valence-corrected chi connectivity index (χ4v) is 4.20. The maximum absolute atomic E-state index is 6.16. The SMILES string of the molecule is Clc1ccccc1[C](=[Zr+2])c1ccccc1.[C-]1=CC=CC1.[Cl-].[Cl-].c1ccc2[cH-]ccc2c1. The van der Waals surface area contributed by atoms with Gasteiger partial charge in [0.15, 0.2) is 0 Å². The molecule has 0 fully saturated rings. The predicted molar refractivity (Wildman–Crippen MR) is 122 cm³/mol. The summed E-state index contributed by atoms with van der Waals surface area (Å²) in [5.41, 5.74) is 2.40. The molecule has 0 spiro atoms. The van der Waals surface area contributed by atoms with Crippen molar-refractivity contribution in [2.24, 2.45) is 0 Å². The van der Waals surface area contributed by atoms with E-state index in [-0.39, 0.29) is 24.8 Å². The van der Waals surface area contributed by atoms with Crippen LogP contribution in [0, 0.1) is 6.08 Å². The first-order valence-corrected chi connectivity index (χ1v) is 11.1. The standard InChI is InChI=1S/C13H9Cl.C9H7.C5H5.2ClH.Zr/c14-13-9-5-4-8-12(13)10-11-6-2-1-3-7-11;1-2-5-9-7-3-6-8(9)4-1;1-2-4-5-3-1;;;/h1-9H;1-7H;1-3H,4H2;2*1H;/q;2*-1;;;+2/p-2. The molecule has 4 aromatic carbocycles. The fraction of sp³-hybridized carbons (Fsp3) is 0.0370. The van der Waals surface area contributed by atoms with E-state index in [1.165, 1.54) is 43.8 Å². The van der Waals surface area contributed by atoms with Crippen molar-refractivity contribution in [1.82, 2.24) is 0 Å². The molecule has 0 radical (unpaired) electrons. The molecule has 0 nitrogen and oxygen atoms in total. The zero-order chi connectivity index (χ0) is 20.3. The van der Waals surface area contributed by atoms with E-state index in [1.54, 1.807) is 0 Å². The Hall–Kier alpha value is -1.63. The monoisotopic (exact) mass is 540 g/mol. The Morgan fingerprint density at radius 1 is 0.839 bits per heavy atom. The van der Waals surface area contributed by atoms with Crippen molar-refractivity contribution in [2.45, 2.75) is 6.42 Å². The van der Waals surface area contributed by atoms with E-state index in [0.29, 0.717) is 0 Å². The van der Waals surface area contributed by atoms with Gasteiger partial charge in [-0.2, -0.15) is 23.6 Å². The molecule has 0 aliphatic heterocycles. The van der Waals surface area contributed by atoms with Crippen LogP contribution < -0.4 is 24.8 Å². The largest absolute Gasteiger partial charge is 1.00 e. The molecule has 0 saturated heterocycles. The van der Waals surface area contributed by atoms with Gasteiger partial charge < -0.3 is 24.8 Å². The minimum Gasteiger partial charge on any atom is -1.00 e. The number of hydrogen-bond donors (Lipinski definition) is 0. The zero-order valence-electron chi connectivity index (χ0n) is 16.8. The van der Waals surface area contributed by atoms with Crippen LogP contribution in [0.25, 0.3) is 10.8 Å². The molecular formula is C27H21Cl3Zr-2. The number of hydrogen-bond acceptors (Lipinski definition) is 0. The summed E-state index contributed by atoms with van der Waals surface area (Å²) >= 11 is 7.54. The van der Waals surface area contributed by atoms with Crippen LogP contribution in [0.5, 0.6) is 0 Å². The zero-order valence-corrected chi connectivity index (χ0v) is 21.5. The van der Waals surface area contributed by atoms with Crippen molar-refractivity contribution in [3.05, 3.63) is 138 Å². The van der Waals surface area contributed by atoms with Crippen molar-refractivity contribution < 1.29 is 49.0 Å². The van der Waals surface area contributed by atoms with Crippen LogP contribution in [-0.2, 0) is 24.2 Å². The van der Waals surface area contributed by atoms with Crippen LogP contribution in [0.4, 0.5) is 0 Å². The molecule has 1 aliphatic carbocycles. The minimum absolute atomic E-state index is 0. The molecule has 0 unspecified atom stereocenters. The van der Waals surface area contributed by atoms with E-state index in [1.807, 2.05) is 36.4 Å². The Bertz CT molecular complexity index is 1070. The van der Waals surface area contributed by atoms with Gasteiger partial charge in [0, 0.05) is 0 Å². The van der Waals surface area contributed by atoms with Gasteiger partial charge in [-0.3, -0.25) is 6.08 Å². The first-order chi connectivity index (χ1) is 14.3. The van der Waals surface area contributed by atoms with Crippen LogP contribution in [0.3, 0.4) is 0 Å². The normalized spacial score (nSPS) is 10.7. The van der Waals surface area contributed by atoms with Crippen LogP contribution in [-0.4, -0.2) is 3.21 Å². The third kappa shape index (κ3) is 8.79. The van der Waals surface area contributed by atoms with Gasteiger partial charge in [0.25, 0.3) is 0 Å². The molecule has 1 aliphatic rings. The molecular weight excluding hydrogens is 522 g/mol. The average Bonchev–Trinajstić information content (AvgIpc) is 3.50. The fourth-order valence-electron chi connectivity index (χ4n) is 2.83. The van der Waals surface area contributed by atoms with Crippen molar-refractivity contribution in [3.63, 3.8) is 0 Å². The molecule has 0 saturated carbocycles. The van der Waals surface area contributed by atoms with Crippen molar-refractivity contribution >= 4 is 25.6 Å². The second-order valence-corrected chi connectivity index (χ2v) is 8.01. The molecule has 0 amide bonds. The van der Waals surface area contributed by atoms with Crippen molar-refractivity contribution in [3.8, 4) is 0 Å². The third-order valence-corrected chi connectivity index (χ3v) is 6.04. The smallest absolute Gasteiger partial charge is 0.0809 e. The summed E-state index contributed by atoms with van der Waals surface area (Å²) in [6.45, 7) is 0. The van der Waals surface area contributed by atoms with E-state index in [4.69, 9.17) is 11.6 Å². The van der Waals surface area contributed by atoms with E-state index < -0.39 is 0 Å². The number of benzene rings is 3. The Kier molecular flexibility index (Phi) is 13.5. The van der Waals surface area contributed by atoms with Gasteiger partial charge in [-0.1, -0.05) is 6.07 Å². The topological polar surface area (TPSA) is 0 Å². The number of fused-ring (bicyclic) bond motifs is 1. The van der Waals surface area contributed by atoms with Crippen LogP contribution in [0.2, 0.25) is 5.02 Å². The Morgan fingerprint density at radius 3 is 2.13 bits per heavy atom. The summed E-state index contributed by atoms with van der Waals surface area (Å²) in [5, 5.41) is 3.49. The van der Waals surface area contributed by atoms with Crippen molar-refractivity contribution in [1.29, 1.82) is 0 Å². The van der Waals surface area contributed by atoms with E-state index in [9.17, 15) is 0 Å². The molecule has 4 aromatic rings.